The molecule has 0 fully saturated rings. The highest BCUT2D eigenvalue weighted by Gasteiger charge is 2.23. The first-order valence-electron chi connectivity index (χ1n) is 6.47. The van der Waals surface area contributed by atoms with Crippen molar-refractivity contribution in [2.45, 2.75) is 0 Å². The van der Waals surface area contributed by atoms with Gasteiger partial charge in [0.15, 0.2) is 6.29 Å². The third-order valence-electron chi connectivity index (χ3n) is 3.25. The van der Waals surface area contributed by atoms with Gasteiger partial charge in [-0.1, -0.05) is 6.07 Å². The molecule has 1 heterocycles. The number of nitrogens with zero attached hydrogens (tertiary/aromatic N) is 2. The molecule has 1 aromatic heterocycles. The van der Waals surface area contributed by atoms with Crippen molar-refractivity contribution in [2.24, 2.45) is 0 Å². The van der Waals surface area contributed by atoms with Crippen molar-refractivity contribution < 1.29 is 18.0 Å². The first-order chi connectivity index (χ1) is 11.0. The summed E-state index contributed by atoms with van der Waals surface area (Å²) in [7, 11) is 0. The van der Waals surface area contributed by atoms with Crippen molar-refractivity contribution in [1.82, 2.24) is 9.78 Å². The van der Waals surface area contributed by atoms with Crippen LogP contribution in [0.5, 0.6) is 0 Å². The lowest BCUT2D eigenvalue weighted by Gasteiger charge is -2.03. The second kappa shape index (κ2) is 6.00. The summed E-state index contributed by atoms with van der Waals surface area (Å²) in [6, 6.07) is 8.68. The highest BCUT2D eigenvalue weighted by atomic mass is 79.9. The molecule has 0 spiro atoms. The molecule has 3 rings (SSSR count). The maximum atomic E-state index is 14.0. The van der Waals surface area contributed by atoms with Crippen molar-refractivity contribution >= 4 is 22.2 Å². The van der Waals surface area contributed by atoms with E-state index in [1.54, 1.807) is 0 Å². The summed E-state index contributed by atoms with van der Waals surface area (Å²) >= 11 is 3.19. The molecule has 0 bridgehead atoms. The van der Waals surface area contributed by atoms with Gasteiger partial charge in [0.1, 0.15) is 27.7 Å². The number of aldehydes is 1. The van der Waals surface area contributed by atoms with E-state index in [0.29, 0.717) is 12.0 Å². The minimum atomic E-state index is -0.829. The molecule has 2 aromatic carbocycles. The molecule has 0 aliphatic carbocycles. The second-order valence-electron chi connectivity index (χ2n) is 4.66. The lowest BCUT2D eigenvalue weighted by molar-refractivity contribution is 0.112. The van der Waals surface area contributed by atoms with Crippen LogP contribution in [0.15, 0.2) is 47.1 Å². The standard InChI is InChI=1S/C16H8BrF3N2O/c17-16-11(8-23)15(14-12(19)2-1-3-13(14)20)21-22(16)10-6-4-9(18)5-7-10/h1-8H. The Labute approximate surface area is 137 Å². The Bertz CT molecular complexity index is 871. The SMILES string of the molecule is O=Cc1c(-c2c(F)cccc2F)nn(-c2ccc(F)cc2)c1Br. The van der Waals surface area contributed by atoms with Crippen LogP contribution < -0.4 is 0 Å². The Kier molecular flexibility index (Phi) is 4.04. The highest BCUT2D eigenvalue weighted by molar-refractivity contribution is 9.10. The minimum Gasteiger partial charge on any atom is -0.298 e. The van der Waals surface area contributed by atoms with Gasteiger partial charge < -0.3 is 0 Å². The predicted octanol–water partition coefficient (Wildman–Crippen LogP) is 4.53. The minimum absolute atomic E-state index is 0.00155. The van der Waals surface area contributed by atoms with Gasteiger partial charge in [0.05, 0.1) is 16.8 Å². The highest BCUT2D eigenvalue weighted by Crippen LogP contribution is 2.32. The van der Waals surface area contributed by atoms with Crippen LogP contribution in [-0.2, 0) is 0 Å². The van der Waals surface area contributed by atoms with Gasteiger partial charge in [0.25, 0.3) is 0 Å². The first-order valence-corrected chi connectivity index (χ1v) is 7.26. The van der Waals surface area contributed by atoms with E-state index >= 15 is 0 Å². The first kappa shape index (κ1) is 15.5. The van der Waals surface area contributed by atoms with Gasteiger partial charge in [0.2, 0.25) is 0 Å². The fourth-order valence-corrected chi connectivity index (χ4v) is 2.74. The smallest absolute Gasteiger partial charge is 0.155 e. The number of carbonyl (C=O) groups excluding carboxylic acids is 1. The van der Waals surface area contributed by atoms with E-state index in [1.807, 2.05) is 0 Å². The third kappa shape index (κ3) is 2.68. The summed E-state index contributed by atoms with van der Waals surface area (Å²) in [5.41, 5.74) is -0.0920. The maximum Gasteiger partial charge on any atom is 0.155 e. The van der Waals surface area contributed by atoms with Crippen LogP contribution in [0, 0.1) is 17.5 Å². The molecule has 3 nitrogen and oxygen atoms in total. The molecule has 116 valence electrons. The monoisotopic (exact) mass is 380 g/mol. The maximum absolute atomic E-state index is 14.0. The molecule has 23 heavy (non-hydrogen) atoms. The average Bonchev–Trinajstić information content (AvgIpc) is 2.84. The number of hydrogen-bond donors (Lipinski definition) is 0. The summed E-state index contributed by atoms with van der Waals surface area (Å²) in [4.78, 5) is 11.4. The van der Waals surface area contributed by atoms with Crippen molar-refractivity contribution in [3.05, 3.63) is 70.1 Å². The van der Waals surface area contributed by atoms with Gasteiger partial charge in [-0.15, -0.1) is 0 Å². The van der Waals surface area contributed by atoms with Crippen LogP contribution in [0.2, 0.25) is 0 Å². The van der Waals surface area contributed by atoms with Gasteiger partial charge in [-0.3, -0.25) is 4.79 Å². The zero-order valence-electron chi connectivity index (χ0n) is 11.4. The topological polar surface area (TPSA) is 34.9 Å². The van der Waals surface area contributed by atoms with Crippen LogP contribution in [0.25, 0.3) is 16.9 Å². The molecule has 0 saturated carbocycles. The molecular formula is C16H8BrF3N2O. The van der Waals surface area contributed by atoms with Crippen molar-refractivity contribution in [3.63, 3.8) is 0 Å². The lowest BCUT2D eigenvalue weighted by atomic mass is 10.1. The Balaban J connectivity index is 2.25. The number of carbonyl (C=O) groups is 1. The molecule has 0 unspecified atom stereocenters. The van der Waals surface area contributed by atoms with Crippen LogP contribution in [0.4, 0.5) is 13.2 Å². The van der Waals surface area contributed by atoms with Crippen LogP contribution >= 0.6 is 15.9 Å². The van der Waals surface area contributed by atoms with Gasteiger partial charge in [0, 0.05) is 0 Å². The summed E-state index contributed by atoms with van der Waals surface area (Å²) < 4.78 is 42.5. The van der Waals surface area contributed by atoms with Crippen molar-refractivity contribution in [2.75, 3.05) is 0 Å². The zero-order valence-corrected chi connectivity index (χ0v) is 13.0. The average molecular weight is 381 g/mol. The third-order valence-corrected chi connectivity index (χ3v) is 4.02. The molecule has 0 radical (unpaired) electrons. The fraction of sp³-hybridized carbons (Fsp3) is 0. The summed E-state index contributed by atoms with van der Waals surface area (Å²) in [5, 5.41) is 4.11. The largest absolute Gasteiger partial charge is 0.298 e. The number of aromatic nitrogens is 2. The van der Waals surface area contributed by atoms with Gasteiger partial charge in [-0.25, -0.2) is 17.9 Å². The van der Waals surface area contributed by atoms with Crippen LogP contribution in [0.1, 0.15) is 10.4 Å². The van der Waals surface area contributed by atoms with E-state index in [9.17, 15) is 18.0 Å². The van der Waals surface area contributed by atoms with E-state index in [-0.39, 0.29) is 15.9 Å². The molecule has 0 saturated heterocycles. The van der Waals surface area contributed by atoms with Crippen molar-refractivity contribution in [3.8, 4) is 16.9 Å². The Morgan fingerprint density at radius 3 is 2.17 bits per heavy atom. The van der Waals surface area contributed by atoms with E-state index in [0.717, 1.165) is 12.1 Å². The van der Waals surface area contributed by atoms with E-state index in [2.05, 4.69) is 21.0 Å². The molecule has 0 N–H and O–H groups in total. The molecule has 7 heteroatoms. The lowest BCUT2D eigenvalue weighted by Crippen LogP contribution is -1.98. The number of halogens is 4. The van der Waals surface area contributed by atoms with Gasteiger partial charge in [-0.05, 0) is 52.3 Å². The zero-order chi connectivity index (χ0) is 16.6. The summed E-state index contributed by atoms with van der Waals surface area (Å²) in [5.74, 6) is -2.10. The van der Waals surface area contributed by atoms with Gasteiger partial charge in [-0.2, -0.15) is 5.10 Å². The second-order valence-corrected chi connectivity index (χ2v) is 5.41. The Morgan fingerprint density at radius 2 is 1.61 bits per heavy atom. The summed E-state index contributed by atoms with van der Waals surface area (Å²) in [6.07, 6.45) is 0.457. The molecule has 0 aliphatic rings. The Hall–Kier alpha value is -2.41. The molecular weight excluding hydrogens is 373 g/mol. The molecule has 3 aromatic rings. The normalized spacial score (nSPS) is 10.8. The van der Waals surface area contributed by atoms with Crippen LogP contribution in [-0.4, -0.2) is 16.1 Å². The van der Waals surface area contributed by atoms with E-state index in [4.69, 9.17) is 0 Å². The number of benzene rings is 2. The Morgan fingerprint density at radius 1 is 1.00 bits per heavy atom. The predicted molar refractivity (Wildman–Crippen MR) is 82.0 cm³/mol. The molecule has 0 aliphatic heterocycles. The van der Waals surface area contributed by atoms with E-state index in [1.165, 1.54) is 35.0 Å². The van der Waals surface area contributed by atoms with Crippen LogP contribution in [0.3, 0.4) is 0 Å². The van der Waals surface area contributed by atoms with Crippen molar-refractivity contribution in [1.29, 1.82) is 0 Å². The van der Waals surface area contributed by atoms with Gasteiger partial charge >= 0.3 is 0 Å². The fourth-order valence-electron chi connectivity index (χ4n) is 2.18. The molecule has 0 amide bonds. The quantitative estimate of drug-likeness (QED) is 0.625. The number of rotatable bonds is 3. The van der Waals surface area contributed by atoms with E-state index < -0.39 is 23.0 Å². The number of hydrogen-bond acceptors (Lipinski definition) is 2. The molecule has 0 atom stereocenters. The summed E-state index contributed by atoms with van der Waals surface area (Å²) in [6.45, 7) is 0.